The van der Waals surface area contributed by atoms with Crippen molar-refractivity contribution in [1.82, 2.24) is 0 Å². The van der Waals surface area contributed by atoms with Gasteiger partial charge in [0.2, 0.25) is 0 Å². The Labute approximate surface area is 190 Å². The van der Waals surface area contributed by atoms with Gasteiger partial charge in [0.15, 0.2) is 0 Å². The molecule has 5 aliphatic carbocycles. The zero-order valence-corrected chi connectivity index (χ0v) is 20.8. The third-order valence-corrected chi connectivity index (χ3v) is 12.9. The Morgan fingerprint density at radius 3 is 2.48 bits per heavy atom. The van der Waals surface area contributed by atoms with E-state index in [1.165, 1.54) is 63.4 Å². The maximum atomic E-state index is 10.6. The lowest BCUT2D eigenvalue weighted by atomic mass is 9.43. The zero-order chi connectivity index (χ0) is 21.8. The van der Waals surface area contributed by atoms with Crippen LogP contribution in [-0.2, 0) is 4.74 Å². The number of rotatable bonds is 2. The van der Waals surface area contributed by atoms with Crippen LogP contribution >= 0.6 is 0 Å². The minimum Gasteiger partial charge on any atom is -0.393 e. The van der Waals surface area contributed by atoms with Gasteiger partial charge in [0.25, 0.3) is 0 Å². The van der Waals surface area contributed by atoms with E-state index in [0.29, 0.717) is 33.7 Å². The molecule has 31 heavy (non-hydrogen) atoms. The number of allylic oxidation sites excluding steroid dienone is 1. The Morgan fingerprint density at radius 2 is 1.71 bits per heavy atom. The van der Waals surface area contributed by atoms with E-state index in [0.717, 1.165) is 36.7 Å². The lowest BCUT2D eigenvalue weighted by molar-refractivity contribution is -0.143. The summed E-state index contributed by atoms with van der Waals surface area (Å²) in [4.78, 5) is 0. The molecule has 0 bridgehead atoms. The minimum absolute atomic E-state index is 0.0405. The molecule has 1 saturated heterocycles. The normalized spacial score (nSPS) is 59.9. The minimum atomic E-state index is -0.0405. The summed E-state index contributed by atoms with van der Waals surface area (Å²) in [5, 5.41) is 10.6. The number of ether oxygens (including phenoxy) is 1. The lowest BCUT2D eigenvalue weighted by Crippen LogP contribution is -2.56. The molecule has 5 saturated carbocycles. The smallest absolute Gasteiger partial charge is 0.0761 e. The highest BCUT2D eigenvalue weighted by Gasteiger charge is 2.81. The predicted octanol–water partition coefficient (Wildman–Crippen LogP) is 6.77. The van der Waals surface area contributed by atoms with Gasteiger partial charge in [0.05, 0.1) is 18.8 Å². The van der Waals surface area contributed by atoms with E-state index in [1.54, 1.807) is 0 Å². The largest absolute Gasteiger partial charge is 0.393 e. The van der Waals surface area contributed by atoms with Crippen molar-refractivity contribution in [2.75, 3.05) is 6.61 Å². The van der Waals surface area contributed by atoms with Gasteiger partial charge in [-0.15, -0.1) is 0 Å². The summed E-state index contributed by atoms with van der Waals surface area (Å²) in [5.41, 5.74) is 3.63. The molecular weight excluding hydrogens is 380 g/mol. The first-order valence-electron chi connectivity index (χ1n) is 13.6. The average molecular weight is 427 g/mol. The van der Waals surface area contributed by atoms with E-state index in [2.05, 4.69) is 40.7 Å². The summed E-state index contributed by atoms with van der Waals surface area (Å²) in [6, 6.07) is 0. The van der Waals surface area contributed by atoms with Gasteiger partial charge in [0, 0.05) is 0 Å². The standard InChI is InChI=1S/C29H46O2/c1-18(2)14-21-15-20(16-31-21)23-8-10-27(5)25-7-6-22-19(3)24(30)9-11-28(22)17-29(25,28)13-12-26(23,27)4/h14,19-25,30H,6-13,15-17H2,1-5H3/t19-,20-,21-,22-,23+,24-,25-,26+,27-,28+,29-/m0/s1. The molecule has 11 atom stereocenters. The summed E-state index contributed by atoms with van der Waals surface area (Å²) < 4.78 is 6.27. The van der Waals surface area contributed by atoms with Crippen molar-refractivity contribution >= 4 is 0 Å². The molecule has 0 aromatic heterocycles. The van der Waals surface area contributed by atoms with Crippen molar-refractivity contribution in [2.24, 2.45) is 51.2 Å². The number of fused-ring (bicyclic) bond motifs is 2. The number of aliphatic hydroxyl groups is 1. The Balaban J connectivity index is 1.27. The molecule has 1 heterocycles. The molecule has 0 aromatic carbocycles. The predicted molar refractivity (Wildman–Crippen MR) is 126 cm³/mol. The van der Waals surface area contributed by atoms with Gasteiger partial charge in [-0.25, -0.2) is 0 Å². The molecule has 6 aliphatic rings. The van der Waals surface area contributed by atoms with Crippen molar-refractivity contribution in [2.45, 2.75) is 111 Å². The van der Waals surface area contributed by atoms with E-state index in [9.17, 15) is 5.11 Å². The maximum absolute atomic E-state index is 10.6. The first-order valence-corrected chi connectivity index (χ1v) is 13.6. The fourth-order valence-electron chi connectivity index (χ4n) is 11.3. The first kappa shape index (κ1) is 21.2. The molecule has 2 heteroatoms. The number of aliphatic hydroxyl groups excluding tert-OH is 1. The Kier molecular flexibility index (Phi) is 4.53. The van der Waals surface area contributed by atoms with Crippen molar-refractivity contribution in [3.05, 3.63) is 11.6 Å². The number of hydrogen-bond acceptors (Lipinski definition) is 2. The second-order valence-corrected chi connectivity index (χ2v) is 13.8. The van der Waals surface area contributed by atoms with E-state index < -0.39 is 0 Å². The van der Waals surface area contributed by atoms with Crippen LogP contribution in [-0.4, -0.2) is 23.9 Å². The van der Waals surface area contributed by atoms with Gasteiger partial charge in [-0.3, -0.25) is 0 Å². The van der Waals surface area contributed by atoms with E-state index in [-0.39, 0.29) is 6.10 Å². The first-order chi connectivity index (χ1) is 14.7. The summed E-state index contributed by atoms with van der Waals surface area (Å²) >= 11 is 0. The van der Waals surface area contributed by atoms with Crippen molar-refractivity contribution in [1.29, 1.82) is 0 Å². The van der Waals surface area contributed by atoms with Gasteiger partial charge in [-0.05, 0) is 129 Å². The van der Waals surface area contributed by atoms with Crippen LogP contribution in [0.3, 0.4) is 0 Å². The molecule has 0 unspecified atom stereocenters. The molecule has 6 fully saturated rings. The van der Waals surface area contributed by atoms with Crippen LogP contribution in [0.15, 0.2) is 11.6 Å². The molecular formula is C29H46O2. The molecule has 174 valence electrons. The van der Waals surface area contributed by atoms with Gasteiger partial charge in [0.1, 0.15) is 0 Å². The molecule has 2 spiro atoms. The molecule has 0 radical (unpaired) electrons. The Bertz CT molecular complexity index is 784. The maximum Gasteiger partial charge on any atom is 0.0761 e. The highest BCUT2D eigenvalue weighted by atomic mass is 16.5. The van der Waals surface area contributed by atoms with Crippen molar-refractivity contribution in [3.63, 3.8) is 0 Å². The van der Waals surface area contributed by atoms with Crippen LogP contribution in [0.4, 0.5) is 0 Å². The third-order valence-electron chi connectivity index (χ3n) is 12.9. The van der Waals surface area contributed by atoms with Crippen LogP contribution in [0.25, 0.3) is 0 Å². The van der Waals surface area contributed by atoms with Crippen molar-refractivity contribution in [3.8, 4) is 0 Å². The summed E-state index contributed by atoms with van der Waals surface area (Å²) in [7, 11) is 0. The molecule has 0 aromatic rings. The topological polar surface area (TPSA) is 29.5 Å². The van der Waals surface area contributed by atoms with Crippen LogP contribution in [0.2, 0.25) is 0 Å². The molecule has 0 amide bonds. The van der Waals surface area contributed by atoms with Crippen molar-refractivity contribution < 1.29 is 9.84 Å². The SMILES string of the molecule is CC(C)=C[C@H]1C[C@H]([C@H]2CC[C@@]3(C)[C@@H]4CC[C@H]5[C@H](C)[C@@H](O)CC[C@@]56C[C@@]46CC[C@]23C)CO1. The summed E-state index contributed by atoms with van der Waals surface area (Å²) in [6.07, 6.45) is 16.4. The highest BCUT2D eigenvalue weighted by molar-refractivity contribution is 5.29. The van der Waals surface area contributed by atoms with Gasteiger partial charge in [-0.2, -0.15) is 0 Å². The van der Waals surface area contributed by atoms with Gasteiger partial charge in [-0.1, -0.05) is 32.4 Å². The molecule has 2 nitrogen and oxygen atoms in total. The molecule has 1 aliphatic heterocycles. The van der Waals surface area contributed by atoms with E-state index in [4.69, 9.17) is 4.74 Å². The Morgan fingerprint density at radius 1 is 0.903 bits per heavy atom. The van der Waals surface area contributed by atoms with Crippen LogP contribution < -0.4 is 0 Å². The quantitative estimate of drug-likeness (QED) is 0.494. The zero-order valence-electron chi connectivity index (χ0n) is 20.8. The summed E-state index contributed by atoms with van der Waals surface area (Å²) in [5.74, 6) is 3.86. The monoisotopic (exact) mass is 426 g/mol. The second kappa shape index (κ2) is 6.62. The lowest BCUT2D eigenvalue weighted by Gasteiger charge is -2.62. The third kappa shape index (κ3) is 2.53. The van der Waals surface area contributed by atoms with E-state index >= 15 is 0 Å². The summed E-state index contributed by atoms with van der Waals surface area (Å²) in [6.45, 7) is 13.2. The Hall–Kier alpha value is -0.340. The van der Waals surface area contributed by atoms with Crippen LogP contribution in [0, 0.1) is 51.2 Å². The number of hydrogen-bond donors (Lipinski definition) is 1. The fourth-order valence-corrected chi connectivity index (χ4v) is 11.3. The molecule has 6 rings (SSSR count). The van der Waals surface area contributed by atoms with Crippen LogP contribution in [0.5, 0.6) is 0 Å². The molecule has 1 N–H and O–H groups in total. The highest BCUT2D eigenvalue weighted by Crippen LogP contribution is 2.88. The van der Waals surface area contributed by atoms with Crippen LogP contribution in [0.1, 0.15) is 98.8 Å². The fraction of sp³-hybridized carbons (Fsp3) is 0.931. The average Bonchev–Trinajstić information content (AvgIpc) is 3.02. The van der Waals surface area contributed by atoms with Gasteiger partial charge < -0.3 is 9.84 Å². The second-order valence-electron chi connectivity index (χ2n) is 13.8. The van der Waals surface area contributed by atoms with E-state index in [1.807, 2.05) is 0 Å². The van der Waals surface area contributed by atoms with Gasteiger partial charge >= 0.3 is 0 Å².